The van der Waals surface area contributed by atoms with Crippen LogP contribution in [0.1, 0.15) is 35.5 Å². The standard InChI is InChI=1S/C18H17ClN6O/c1-18(2)16-13(3-4-14(19)23-16)17(26)25(18)12-7-11(8-20-10-12)9-21-15-5-6-22-24-15/h3-8,10H,9H2,1-2H3,(H2,21,22,24). The molecule has 0 aliphatic carbocycles. The molecule has 8 heteroatoms. The molecule has 1 amide bonds. The van der Waals surface area contributed by atoms with Crippen molar-refractivity contribution < 1.29 is 4.79 Å². The Balaban J connectivity index is 1.65. The Kier molecular flexibility index (Phi) is 3.88. The molecule has 0 fully saturated rings. The normalized spacial score (nSPS) is 15.2. The molecular formula is C18H17ClN6O. The highest BCUT2D eigenvalue weighted by molar-refractivity contribution is 6.29. The molecule has 4 rings (SSSR count). The molecule has 0 saturated heterocycles. The van der Waals surface area contributed by atoms with Crippen LogP contribution in [0.4, 0.5) is 11.5 Å². The number of nitrogens with zero attached hydrogens (tertiary/aromatic N) is 4. The molecule has 0 atom stereocenters. The van der Waals surface area contributed by atoms with Crippen LogP contribution in [0.5, 0.6) is 0 Å². The Bertz CT molecular complexity index is 970. The van der Waals surface area contributed by atoms with E-state index in [9.17, 15) is 4.79 Å². The van der Waals surface area contributed by atoms with E-state index in [1.165, 1.54) is 0 Å². The smallest absolute Gasteiger partial charge is 0.261 e. The third kappa shape index (κ3) is 2.70. The van der Waals surface area contributed by atoms with Gasteiger partial charge in [-0.15, -0.1) is 0 Å². The minimum atomic E-state index is -0.617. The van der Waals surface area contributed by atoms with Crippen molar-refractivity contribution in [2.24, 2.45) is 0 Å². The van der Waals surface area contributed by atoms with E-state index in [1.807, 2.05) is 26.0 Å². The van der Waals surface area contributed by atoms with Crippen molar-refractivity contribution in [3.63, 3.8) is 0 Å². The Morgan fingerprint density at radius 1 is 1.27 bits per heavy atom. The fourth-order valence-corrected chi connectivity index (χ4v) is 3.39. The molecule has 2 N–H and O–H groups in total. The number of fused-ring (bicyclic) bond motifs is 1. The lowest BCUT2D eigenvalue weighted by Crippen LogP contribution is -2.39. The predicted molar refractivity (Wildman–Crippen MR) is 99.2 cm³/mol. The van der Waals surface area contributed by atoms with Crippen LogP contribution in [0.3, 0.4) is 0 Å². The first-order valence-electron chi connectivity index (χ1n) is 8.15. The van der Waals surface area contributed by atoms with Crippen molar-refractivity contribution in [2.45, 2.75) is 25.9 Å². The highest BCUT2D eigenvalue weighted by atomic mass is 35.5. The fraction of sp³-hybridized carbons (Fsp3) is 0.222. The highest BCUT2D eigenvalue weighted by Crippen LogP contribution is 2.41. The molecule has 132 valence electrons. The summed E-state index contributed by atoms with van der Waals surface area (Å²) in [7, 11) is 0. The summed E-state index contributed by atoms with van der Waals surface area (Å²) < 4.78 is 0. The Morgan fingerprint density at radius 3 is 2.88 bits per heavy atom. The Morgan fingerprint density at radius 2 is 2.12 bits per heavy atom. The number of anilines is 2. The largest absolute Gasteiger partial charge is 0.366 e. The summed E-state index contributed by atoms with van der Waals surface area (Å²) in [5.41, 5.74) is 2.30. The van der Waals surface area contributed by atoms with Crippen LogP contribution in [0.25, 0.3) is 0 Å². The summed E-state index contributed by atoms with van der Waals surface area (Å²) in [5.74, 6) is 0.717. The zero-order chi connectivity index (χ0) is 18.3. The van der Waals surface area contributed by atoms with E-state index in [0.717, 1.165) is 17.1 Å². The van der Waals surface area contributed by atoms with Gasteiger partial charge in [0.2, 0.25) is 0 Å². The lowest BCUT2D eigenvalue weighted by molar-refractivity contribution is 0.0982. The van der Waals surface area contributed by atoms with Gasteiger partial charge in [-0.05, 0) is 43.7 Å². The molecule has 0 aromatic carbocycles. The number of hydrogen-bond donors (Lipinski definition) is 2. The molecule has 1 aliphatic heterocycles. The maximum atomic E-state index is 13.0. The number of carbonyl (C=O) groups is 1. The second-order valence-electron chi connectivity index (χ2n) is 6.60. The van der Waals surface area contributed by atoms with E-state index in [2.05, 4.69) is 25.5 Å². The lowest BCUT2D eigenvalue weighted by Gasteiger charge is -2.31. The number of amides is 1. The number of aromatic amines is 1. The van der Waals surface area contributed by atoms with E-state index in [4.69, 9.17) is 11.6 Å². The minimum Gasteiger partial charge on any atom is -0.366 e. The topological polar surface area (TPSA) is 86.8 Å². The summed E-state index contributed by atoms with van der Waals surface area (Å²) in [4.78, 5) is 23.4. The molecule has 3 aromatic rings. The van der Waals surface area contributed by atoms with Gasteiger partial charge < -0.3 is 5.32 Å². The van der Waals surface area contributed by atoms with Gasteiger partial charge in [-0.3, -0.25) is 19.8 Å². The molecule has 4 heterocycles. The first kappa shape index (κ1) is 16.5. The van der Waals surface area contributed by atoms with Crippen LogP contribution in [0, 0.1) is 0 Å². The van der Waals surface area contributed by atoms with Crippen LogP contribution in [-0.4, -0.2) is 26.1 Å². The fourth-order valence-electron chi connectivity index (χ4n) is 3.24. The van der Waals surface area contributed by atoms with Gasteiger partial charge in [-0.2, -0.15) is 5.10 Å². The molecule has 0 spiro atoms. The summed E-state index contributed by atoms with van der Waals surface area (Å²) in [5, 5.41) is 10.3. The van der Waals surface area contributed by atoms with Crippen LogP contribution in [0.2, 0.25) is 5.15 Å². The zero-order valence-electron chi connectivity index (χ0n) is 14.3. The number of carbonyl (C=O) groups excluding carboxylic acids is 1. The third-order valence-corrected chi connectivity index (χ3v) is 4.67. The van der Waals surface area contributed by atoms with Gasteiger partial charge in [0.15, 0.2) is 0 Å². The SMILES string of the molecule is CC1(C)c2nc(Cl)ccc2C(=O)N1c1cncc(CNc2ccn[nH]2)c1. The first-order valence-corrected chi connectivity index (χ1v) is 8.53. The van der Waals surface area contributed by atoms with Crippen molar-refractivity contribution in [2.75, 3.05) is 10.2 Å². The van der Waals surface area contributed by atoms with Crippen LogP contribution < -0.4 is 10.2 Å². The molecule has 0 saturated carbocycles. The van der Waals surface area contributed by atoms with Crippen LogP contribution in [0.15, 0.2) is 42.9 Å². The molecule has 1 aliphatic rings. The summed E-state index contributed by atoms with van der Waals surface area (Å²) in [6.07, 6.45) is 5.13. The maximum absolute atomic E-state index is 13.0. The van der Waals surface area contributed by atoms with Gasteiger partial charge in [0, 0.05) is 12.7 Å². The molecule has 26 heavy (non-hydrogen) atoms. The van der Waals surface area contributed by atoms with E-state index >= 15 is 0 Å². The van der Waals surface area contributed by atoms with Gasteiger partial charge in [0.05, 0.1) is 34.9 Å². The summed E-state index contributed by atoms with van der Waals surface area (Å²) in [6.45, 7) is 4.47. The number of halogens is 1. The minimum absolute atomic E-state index is 0.102. The van der Waals surface area contributed by atoms with Crippen molar-refractivity contribution in [3.8, 4) is 0 Å². The average Bonchev–Trinajstić information content (AvgIpc) is 3.19. The van der Waals surface area contributed by atoms with Crippen molar-refractivity contribution in [3.05, 3.63) is 64.8 Å². The molecule has 0 unspecified atom stereocenters. The Labute approximate surface area is 155 Å². The summed E-state index contributed by atoms with van der Waals surface area (Å²) >= 11 is 6.04. The average molecular weight is 369 g/mol. The van der Waals surface area contributed by atoms with Crippen LogP contribution >= 0.6 is 11.6 Å². The quantitative estimate of drug-likeness (QED) is 0.689. The number of rotatable bonds is 4. The van der Waals surface area contributed by atoms with E-state index in [-0.39, 0.29) is 5.91 Å². The van der Waals surface area contributed by atoms with Crippen molar-refractivity contribution in [1.82, 2.24) is 20.2 Å². The van der Waals surface area contributed by atoms with E-state index in [0.29, 0.717) is 23.0 Å². The number of nitrogens with one attached hydrogen (secondary N) is 2. The second kappa shape index (κ2) is 6.10. The first-order chi connectivity index (χ1) is 12.5. The lowest BCUT2D eigenvalue weighted by atomic mass is 9.99. The molecule has 3 aromatic heterocycles. The zero-order valence-corrected chi connectivity index (χ0v) is 15.1. The molecular weight excluding hydrogens is 352 g/mol. The number of hydrogen-bond acceptors (Lipinski definition) is 5. The predicted octanol–water partition coefficient (Wildman–Crippen LogP) is 3.36. The second-order valence-corrected chi connectivity index (χ2v) is 6.99. The van der Waals surface area contributed by atoms with Crippen molar-refractivity contribution >= 4 is 29.0 Å². The van der Waals surface area contributed by atoms with Gasteiger partial charge in [0.1, 0.15) is 11.0 Å². The van der Waals surface area contributed by atoms with Gasteiger partial charge in [-0.1, -0.05) is 11.6 Å². The van der Waals surface area contributed by atoms with Gasteiger partial charge in [-0.25, -0.2) is 4.98 Å². The summed E-state index contributed by atoms with van der Waals surface area (Å²) in [6, 6.07) is 7.16. The Hall–Kier alpha value is -2.93. The van der Waals surface area contributed by atoms with Crippen LogP contribution in [-0.2, 0) is 12.1 Å². The number of pyridine rings is 2. The molecule has 0 radical (unpaired) electrons. The molecule has 0 bridgehead atoms. The van der Waals surface area contributed by atoms with E-state index < -0.39 is 5.54 Å². The van der Waals surface area contributed by atoms with Gasteiger partial charge >= 0.3 is 0 Å². The number of aromatic nitrogens is 4. The van der Waals surface area contributed by atoms with E-state index in [1.54, 1.807) is 35.6 Å². The van der Waals surface area contributed by atoms with Crippen molar-refractivity contribution in [1.29, 1.82) is 0 Å². The molecule has 7 nitrogen and oxygen atoms in total. The maximum Gasteiger partial charge on any atom is 0.261 e. The number of H-pyrrole nitrogens is 1. The third-order valence-electron chi connectivity index (χ3n) is 4.46. The highest BCUT2D eigenvalue weighted by Gasteiger charge is 2.45. The van der Waals surface area contributed by atoms with Gasteiger partial charge in [0.25, 0.3) is 5.91 Å². The monoisotopic (exact) mass is 368 g/mol.